The first-order valence-corrected chi connectivity index (χ1v) is 6.94. The summed E-state index contributed by atoms with van der Waals surface area (Å²) >= 11 is 0. The van der Waals surface area contributed by atoms with Gasteiger partial charge in [-0.3, -0.25) is 18.7 Å². The van der Waals surface area contributed by atoms with Crippen LogP contribution in [0.1, 0.15) is 10.5 Å². The fourth-order valence-electron chi connectivity index (χ4n) is 2.50. The number of aryl methyl sites for hydroxylation is 1. The maximum absolute atomic E-state index is 12.4. The van der Waals surface area contributed by atoms with E-state index < -0.39 is 11.2 Å². The highest BCUT2D eigenvalue weighted by Gasteiger charge is 2.21. The summed E-state index contributed by atoms with van der Waals surface area (Å²) in [4.78, 5) is 42.4. The zero-order valence-corrected chi connectivity index (χ0v) is 12.4. The molecule has 116 valence electrons. The van der Waals surface area contributed by atoms with Crippen molar-refractivity contribution in [2.24, 2.45) is 14.1 Å². The molecule has 3 heterocycles. The van der Waals surface area contributed by atoms with Gasteiger partial charge in [0.05, 0.1) is 18.6 Å². The summed E-state index contributed by atoms with van der Waals surface area (Å²) in [7, 11) is 2.94. The van der Waals surface area contributed by atoms with Crippen LogP contribution in [0.2, 0.25) is 0 Å². The summed E-state index contributed by atoms with van der Waals surface area (Å²) in [5.41, 5.74) is -0.457. The second-order valence-corrected chi connectivity index (χ2v) is 5.18. The first kappa shape index (κ1) is 14.5. The molecule has 3 rings (SSSR count). The number of carbonyl (C=O) groups is 1. The van der Waals surface area contributed by atoms with Crippen LogP contribution in [-0.4, -0.2) is 51.2 Å². The van der Waals surface area contributed by atoms with Crippen molar-refractivity contribution < 1.29 is 9.53 Å². The second-order valence-electron chi connectivity index (χ2n) is 5.18. The minimum atomic E-state index is -0.471. The molecule has 1 saturated heterocycles. The zero-order valence-electron chi connectivity index (χ0n) is 12.4. The van der Waals surface area contributed by atoms with Gasteiger partial charge in [0.15, 0.2) is 0 Å². The predicted octanol–water partition coefficient (Wildman–Crippen LogP) is -0.895. The summed E-state index contributed by atoms with van der Waals surface area (Å²) in [5.74, 6) is -0.224. The van der Waals surface area contributed by atoms with Gasteiger partial charge in [-0.2, -0.15) is 0 Å². The first-order valence-electron chi connectivity index (χ1n) is 6.94. The molecule has 1 aliphatic heterocycles. The van der Waals surface area contributed by atoms with Crippen molar-refractivity contribution >= 4 is 16.9 Å². The third-order valence-corrected chi connectivity index (χ3v) is 3.82. The number of ether oxygens (including phenoxy) is 1. The van der Waals surface area contributed by atoms with Gasteiger partial charge in [0.25, 0.3) is 11.5 Å². The Bertz CT molecular complexity index is 861. The second kappa shape index (κ2) is 5.38. The Labute approximate surface area is 125 Å². The number of morpholine rings is 1. The Hall–Kier alpha value is -2.48. The van der Waals surface area contributed by atoms with Gasteiger partial charge >= 0.3 is 5.69 Å². The van der Waals surface area contributed by atoms with Crippen LogP contribution in [0.15, 0.2) is 21.7 Å². The van der Waals surface area contributed by atoms with Crippen LogP contribution in [-0.2, 0) is 18.8 Å². The SMILES string of the molecule is Cn1c(=O)c2ccc(C(=O)N3CCOCC3)nc2n(C)c1=O. The van der Waals surface area contributed by atoms with E-state index in [-0.39, 0.29) is 17.2 Å². The molecule has 0 saturated carbocycles. The molecular formula is C14H16N4O4. The lowest BCUT2D eigenvalue weighted by molar-refractivity contribution is 0.0299. The highest BCUT2D eigenvalue weighted by Crippen LogP contribution is 2.10. The Morgan fingerprint density at radius 1 is 1.14 bits per heavy atom. The van der Waals surface area contributed by atoms with E-state index in [1.54, 1.807) is 4.90 Å². The van der Waals surface area contributed by atoms with E-state index in [2.05, 4.69) is 4.98 Å². The van der Waals surface area contributed by atoms with Gasteiger partial charge in [0.2, 0.25) is 0 Å². The lowest BCUT2D eigenvalue weighted by Gasteiger charge is -2.26. The molecule has 0 unspecified atom stereocenters. The summed E-state index contributed by atoms with van der Waals surface area (Å²) in [5, 5.41) is 0.308. The molecule has 8 nitrogen and oxygen atoms in total. The quantitative estimate of drug-likeness (QED) is 0.682. The molecule has 0 spiro atoms. The largest absolute Gasteiger partial charge is 0.378 e. The van der Waals surface area contributed by atoms with Crippen molar-refractivity contribution in [2.75, 3.05) is 26.3 Å². The maximum Gasteiger partial charge on any atom is 0.332 e. The molecule has 1 fully saturated rings. The Morgan fingerprint density at radius 3 is 2.50 bits per heavy atom. The van der Waals surface area contributed by atoms with Crippen molar-refractivity contribution in [1.29, 1.82) is 0 Å². The summed E-state index contributed by atoms with van der Waals surface area (Å²) in [6, 6.07) is 3.06. The van der Waals surface area contributed by atoms with Gasteiger partial charge in [0, 0.05) is 27.2 Å². The summed E-state index contributed by atoms with van der Waals surface area (Å²) in [6.07, 6.45) is 0. The van der Waals surface area contributed by atoms with E-state index in [0.717, 1.165) is 4.57 Å². The monoisotopic (exact) mass is 304 g/mol. The summed E-state index contributed by atoms with van der Waals surface area (Å²) in [6.45, 7) is 2.01. The van der Waals surface area contributed by atoms with E-state index in [9.17, 15) is 14.4 Å². The molecule has 0 N–H and O–H groups in total. The highest BCUT2D eigenvalue weighted by molar-refractivity contribution is 5.94. The molecule has 2 aromatic rings. The number of aromatic nitrogens is 3. The normalized spacial score (nSPS) is 15.3. The Balaban J connectivity index is 2.12. The molecule has 2 aromatic heterocycles. The van der Waals surface area contributed by atoms with Gasteiger partial charge in [0.1, 0.15) is 11.3 Å². The smallest absolute Gasteiger partial charge is 0.332 e. The molecular weight excluding hydrogens is 288 g/mol. The van der Waals surface area contributed by atoms with E-state index in [1.807, 2.05) is 0 Å². The van der Waals surface area contributed by atoms with Crippen molar-refractivity contribution in [2.45, 2.75) is 0 Å². The van der Waals surface area contributed by atoms with Crippen LogP contribution in [0.25, 0.3) is 11.0 Å². The maximum atomic E-state index is 12.4. The molecule has 22 heavy (non-hydrogen) atoms. The van der Waals surface area contributed by atoms with Gasteiger partial charge < -0.3 is 9.64 Å². The molecule has 0 aliphatic carbocycles. The van der Waals surface area contributed by atoms with Crippen molar-refractivity contribution in [3.63, 3.8) is 0 Å². The van der Waals surface area contributed by atoms with Gasteiger partial charge in [-0.1, -0.05) is 0 Å². The minimum Gasteiger partial charge on any atom is -0.378 e. The lowest BCUT2D eigenvalue weighted by atomic mass is 10.2. The third kappa shape index (κ3) is 2.21. The Kier molecular flexibility index (Phi) is 3.53. The number of fused-ring (bicyclic) bond motifs is 1. The number of amides is 1. The standard InChI is InChI=1S/C14H16N4O4/c1-16-11-9(12(19)17(2)14(16)21)3-4-10(15-11)13(20)18-5-7-22-8-6-18/h3-4H,5-8H2,1-2H3. The number of hydrogen-bond donors (Lipinski definition) is 0. The van der Waals surface area contributed by atoms with Crippen LogP contribution in [0.3, 0.4) is 0 Å². The number of hydrogen-bond acceptors (Lipinski definition) is 5. The van der Waals surface area contributed by atoms with E-state index >= 15 is 0 Å². The third-order valence-electron chi connectivity index (χ3n) is 3.82. The number of carbonyl (C=O) groups excluding carboxylic acids is 1. The van der Waals surface area contributed by atoms with Gasteiger partial charge in [-0.15, -0.1) is 0 Å². The topological polar surface area (TPSA) is 86.4 Å². The average molecular weight is 304 g/mol. The Morgan fingerprint density at radius 2 is 1.82 bits per heavy atom. The van der Waals surface area contributed by atoms with E-state index in [4.69, 9.17) is 4.74 Å². The molecule has 1 amide bonds. The van der Waals surface area contributed by atoms with Crippen molar-refractivity contribution in [3.05, 3.63) is 38.7 Å². The van der Waals surface area contributed by atoms with Crippen LogP contribution in [0.4, 0.5) is 0 Å². The average Bonchev–Trinajstić information content (AvgIpc) is 2.57. The fourth-order valence-corrected chi connectivity index (χ4v) is 2.50. The molecule has 8 heteroatoms. The number of pyridine rings is 1. The first-order chi connectivity index (χ1) is 10.5. The van der Waals surface area contributed by atoms with Crippen molar-refractivity contribution in [3.8, 4) is 0 Å². The molecule has 0 bridgehead atoms. The molecule has 0 radical (unpaired) electrons. The highest BCUT2D eigenvalue weighted by atomic mass is 16.5. The number of nitrogens with zero attached hydrogens (tertiary/aromatic N) is 4. The van der Waals surface area contributed by atoms with E-state index in [1.165, 1.54) is 30.8 Å². The van der Waals surface area contributed by atoms with Crippen LogP contribution >= 0.6 is 0 Å². The van der Waals surface area contributed by atoms with Crippen LogP contribution in [0, 0.1) is 0 Å². The van der Waals surface area contributed by atoms with Crippen molar-refractivity contribution in [1.82, 2.24) is 19.0 Å². The summed E-state index contributed by atoms with van der Waals surface area (Å²) < 4.78 is 7.51. The van der Waals surface area contributed by atoms with Crippen LogP contribution in [0.5, 0.6) is 0 Å². The zero-order chi connectivity index (χ0) is 15.9. The van der Waals surface area contributed by atoms with E-state index in [0.29, 0.717) is 31.7 Å². The number of rotatable bonds is 1. The minimum absolute atomic E-state index is 0.215. The van der Waals surface area contributed by atoms with Crippen LogP contribution < -0.4 is 11.2 Å². The molecule has 0 atom stereocenters. The lowest BCUT2D eigenvalue weighted by Crippen LogP contribution is -2.41. The molecule has 1 aliphatic rings. The molecule has 0 aromatic carbocycles. The van der Waals surface area contributed by atoms with Gasteiger partial charge in [-0.25, -0.2) is 9.78 Å². The predicted molar refractivity (Wildman–Crippen MR) is 78.9 cm³/mol. The van der Waals surface area contributed by atoms with Gasteiger partial charge in [-0.05, 0) is 12.1 Å². The fraction of sp³-hybridized carbons (Fsp3) is 0.429.